The van der Waals surface area contributed by atoms with Gasteiger partial charge in [-0.15, -0.1) is 12.4 Å². The van der Waals surface area contributed by atoms with E-state index in [1.165, 1.54) is 19.1 Å². The number of nitrogens with zero attached hydrogens (tertiary/aromatic N) is 1. The third kappa shape index (κ3) is 3.65. The fourth-order valence-electron chi connectivity index (χ4n) is 2.23. The molecule has 0 bridgehead atoms. The number of anilines is 1. The van der Waals surface area contributed by atoms with Crippen molar-refractivity contribution in [3.63, 3.8) is 0 Å². The van der Waals surface area contributed by atoms with E-state index >= 15 is 0 Å². The summed E-state index contributed by atoms with van der Waals surface area (Å²) in [6, 6.07) is 11.5. The van der Waals surface area contributed by atoms with E-state index in [1.807, 2.05) is 35.2 Å². The smallest absolute Gasteiger partial charge is 0.261 e. The number of nitrogens with two attached hydrogens (primary N) is 1. The highest BCUT2D eigenvalue weighted by atomic mass is 35.5. The molecular formula is C16H19ClN2O2. The Hall–Kier alpha value is -1.78. The van der Waals surface area contributed by atoms with Crippen LogP contribution in [0.1, 0.15) is 29.0 Å². The van der Waals surface area contributed by atoms with E-state index in [9.17, 15) is 4.79 Å². The van der Waals surface area contributed by atoms with Gasteiger partial charge in [0.25, 0.3) is 5.91 Å². The van der Waals surface area contributed by atoms with E-state index in [2.05, 4.69) is 0 Å². The van der Waals surface area contributed by atoms with Gasteiger partial charge in [-0.1, -0.05) is 18.2 Å². The molecule has 0 aliphatic heterocycles. The summed E-state index contributed by atoms with van der Waals surface area (Å²) in [4.78, 5) is 14.5. The summed E-state index contributed by atoms with van der Waals surface area (Å²) < 4.78 is 5.27. The van der Waals surface area contributed by atoms with Crippen LogP contribution in [0.5, 0.6) is 0 Å². The van der Waals surface area contributed by atoms with Crippen molar-refractivity contribution in [2.75, 3.05) is 11.4 Å². The van der Waals surface area contributed by atoms with Crippen LogP contribution in [0.25, 0.3) is 0 Å². The molecule has 1 fully saturated rings. The first kappa shape index (κ1) is 15.6. The third-order valence-corrected chi connectivity index (χ3v) is 3.55. The molecule has 112 valence electrons. The summed E-state index contributed by atoms with van der Waals surface area (Å²) in [7, 11) is 0. The number of furan rings is 1. The quantitative estimate of drug-likeness (QED) is 0.922. The highest BCUT2D eigenvalue weighted by Gasteiger charge is 2.28. The van der Waals surface area contributed by atoms with E-state index in [0.29, 0.717) is 23.8 Å². The van der Waals surface area contributed by atoms with Crippen molar-refractivity contribution < 1.29 is 9.21 Å². The van der Waals surface area contributed by atoms with Crippen LogP contribution in [0, 0.1) is 5.92 Å². The van der Waals surface area contributed by atoms with Crippen LogP contribution in [-0.4, -0.2) is 12.5 Å². The lowest BCUT2D eigenvalue weighted by molar-refractivity contribution is 0.0985. The van der Waals surface area contributed by atoms with Crippen molar-refractivity contribution in [2.45, 2.75) is 19.4 Å². The highest BCUT2D eigenvalue weighted by molar-refractivity contribution is 6.06. The number of amides is 1. The maximum atomic E-state index is 12.7. The summed E-state index contributed by atoms with van der Waals surface area (Å²) >= 11 is 0. The normalized spacial score (nSPS) is 13.6. The van der Waals surface area contributed by atoms with Gasteiger partial charge in [0.1, 0.15) is 12.0 Å². The molecule has 2 N–H and O–H groups in total. The molecule has 5 heteroatoms. The summed E-state index contributed by atoms with van der Waals surface area (Å²) in [5.74, 6) is 1.24. The molecule has 1 amide bonds. The number of carbonyl (C=O) groups excluding carboxylic acids is 1. The Balaban J connectivity index is 0.00000161. The van der Waals surface area contributed by atoms with Crippen LogP contribution < -0.4 is 10.6 Å². The van der Waals surface area contributed by atoms with Crippen molar-refractivity contribution in [3.8, 4) is 0 Å². The monoisotopic (exact) mass is 306 g/mol. The van der Waals surface area contributed by atoms with Crippen LogP contribution in [0.15, 0.2) is 47.1 Å². The molecule has 21 heavy (non-hydrogen) atoms. The molecule has 1 saturated carbocycles. The summed E-state index contributed by atoms with van der Waals surface area (Å²) in [5.41, 5.74) is 7.02. The van der Waals surface area contributed by atoms with Crippen LogP contribution in [0.3, 0.4) is 0 Å². The van der Waals surface area contributed by atoms with Crippen molar-refractivity contribution in [3.05, 3.63) is 54.0 Å². The largest absolute Gasteiger partial charge is 0.467 e. The lowest BCUT2D eigenvalue weighted by atomic mass is 10.2. The maximum absolute atomic E-state index is 12.7. The molecule has 1 aliphatic rings. The predicted molar refractivity (Wildman–Crippen MR) is 84.7 cm³/mol. The maximum Gasteiger partial charge on any atom is 0.261 e. The summed E-state index contributed by atoms with van der Waals surface area (Å²) in [6.45, 7) is 1.08. The van der Waals surface area contributed by atoms with Gasteiger partial charge < -0.3 is 15.1 Å². The molecule has 2 aromatic rings. The van der Waals surface area contributed by atoms with Gasteiger partial charge in [-0.05, 0) is 37.0 Å². The standard InChI is InChI=1S/C16H18N2O2.ClH/c17-9-15-8-13(11-20-15)16(19)18(10-12-6-7-12)14-4-2-1-3-5-14;/h1-5,8,11-12H,6-7,9-10,17H2;1H. The Bertz CT molecular complexity index is 593. The van der Waals surface area contributed by atoms with Gasteiger partial charge in [0.15, 0.2) is 0 Å². The summed E-state index contributed by atoms with van der Waals surface area (Å²) in [5, 5.41) is 0. The van der Waals surface area contributed by atoms with Crippen LogP contribution in [0.2, 0.25) is 0 Å². The number of halogens is 1. The van der Waals surface area contributed by atoms with Crippen molar-refractivity contribution in [1.29, 1.82) is 0 Å². The number of carbonyl (C=O) groups is 1. The van der Waals surface area contributed by atoms with E-state index < -0.39 is 0 Å². The van der Waals surface area contributed by atoms with Crippen LogP contribution in [-0.2, 0) is 6.54 Å². The first-order valence-electron chi connectivity index (χ1n) is 6.92. The number of hydrogen-bond acceptors (Lipinski definition) is 3. The summed E-state index contributed by atoms with van der Waals surface area (Å²) in [6.07, 6.45) is 3.90. The number of rotatable bonds is 5. The number of para-hydroxylation sites is 1. The molecule has 0 radical (unpaired) electrons. The minimum Gasteiger partial charge on any atom is -0.467 e. The first-order valence-corrected chi connectivity index (χ1v) is 6.92. The van der Waals surface area contributed by atoms with Crippen LogP contribution >= 0.6 is 12.4 Å². The predicted octanol–water partition coefficient (Wildman–Crippen LogP) is 3.22. The molecule has 3 rings (SSSR count). The van der Waals surface area contributed by atoms with Crippen molar-refractivity contribution >= 4 is 24.0 Å². The van der Waals surface area contributed by atoms with Gasteiger partial charge in [0.2, 0.25) is 0 Å². The van der Waals surface area contributed by atoms with Gasteiger partial charge >= 0.3 is 0 Å². The fourth-order valence-corrected chi connectivity index (χ4v) is 2.23. The topological polar surface area (TPSA) is 59.5 Å². The van der Waals surface area contributed by atoms with E-state index in [4.69, 9.17) is 10.2 Å². The second kappa shape index (κ2) is 6.78. The van der Waals surface area contributed by atoms with Gasteiger partial charge in [0, 0.05) is 12.2 Å². The molecule has 1 aliphatic carbocycles. The van der Waals surface area contributed by atoms with E-state index in [-0.39, 0.29) is 18.3 Å². The van der Waals surface area contributed by atoms with Gasteiger partial charge in [-0.25, -0.2) is 0 Å². The second-order valence-electron chi connectivity index (χ2n) is 5.20. The third-order valence-electron chi connectivity index (χ3n) is 3.55. The van der Waals surface area contributed by atoms with Gasteiger partial charge in [-0.2, -0.15) is 0 Å². The first-order chi connectivity index (χ1) is 9.78. The Kier molecular flexibility index (Phi) is 5.04. The Morgan fingerprint density at radius 1 is 1.29 bits per heavy atom. The molecule has 0 atom stereocenters. The lowest BCUT2D eigenvalue weighted by Crippen LogP contribution is -2.32. The van der Waals surface area contributed by atoms with Crippen LogP contribution in [0.4, 0.5) is 5.69 Å². The van der Waals surface area contributed by atoms with E-state index in [0.717, 1.165) is 12.2 Å². The second-order valence-corrected chi connectivity index (χ2v) is 5.20. The zero-order valence-electron chi connectivity index (χ0n) is 11.7. The SMILES string of the molecule is Cl.NCc1cc(C(=O)N(CC2CC2)c2ccccc2)co1. The average molecular weight is 307 g/mol. The Morgan fingerprint density at radius 2 is 2.00 bits per heavy atom. The lowest BCUT2D eigenvalue weighted by Gasteiger charge is -2.22. The molecule has 1 aromatic carbocycles. The van der Waals surface area contributed by atoms with Crippen molar-refractivity contribution in [2.24, 2.45) is 11.7 Å². The molecule has 1 heterocycles. The Labute approximate surface area is 130 Å². The van der Waals surface area contributed by atoms with Crippen molar-refractivity contribution in [1.82, 2.24) is 0 Å². The van der Waals surface area contributed by atoms with Gasteiger partial charge in [-0.3, -0.25) is 4.79 Å². The molecule has 0 unspecified atom stereocenters. The molecule has 1 aromatic heterocycles. The molecule has 0 spiro atoms. The minimum atomic E-state index is -0.0217. The molecular weight excluding hydrogens is 288 g/mol. The highest BCUT2D eigenvalue weighted by Crippen LogP contribution is 2.32. The Morgan fingerprint density at radius 3 is 2.57 bits per heavy atom. The zero-order valence-corrected chi connectivity index (χ0v) is 12.5. The minimum absolute atomic E-state index is 0. The fraction of sp³-hybridized carbons (Fsp3) is 0.312. The van der Waals surface area contributed by atoms with Gasteiger partial charge in [0.05, 0.1) is 12.1 Å². The number of hydrogen-bond donors (Lipinski definition) is 1. The average Bonchev–Trinajstić information content (AvgIpc) is 3.19. The number of benzene rings is 1. The molecule has 0 saturated heterocycles. The zero-order chi connectivity index (χ0) is 13.9. The van der Waals surface area contributed by atoms with E-state index in [1.54, 1.807) is 6.07 Å². The molecule has 4 nitrogen and oxygen atoms in total.